The summed E-state index contributed by atoms with van der Waals surface area (Å²) in [6.45, 7) is 3.97. The van der Waals surface area contributed by atoms with Crippen LogP contribution in [0, 0.1) is 0 Å². The number of furan rings is 1. The molecule has 110 valence electrons. The Morgan fingerprint density at radius 3 is 2.43 bits per heavy atom. The fraction of sp³-hybridized carbons (Fsp3) is 0.250. The molecule has 2 aromatic rings. The highest BCUT2D eigenvalue weighted by Crippen LogP contribution is 2.12. The third kappa shape index (κ3) is 3.95. The average molecular weight is 286 g/mol. The average Bonchev–Trinajstić information content (AvgIpc) is 3.02. The molecule has 21 heavy (non-hydrogen) atoms. The van der Waals surface area contributed by atoms with Gasteiger partial charge in [-0.15, -0.1) is 0 Å². The molecule has 1 unspecified atom stereocenters. The summed E-state index contributed by atoms with van der Waals surface area (Å²) in [5, 5.41) is 5.59. The molecular weight excluding hydrogens is 268 g/mol. The molecule has 0 aliphatic carbocycles. The van der Waals surface area contributed by atoms with Crippen molar-refractivity contribution in [1.29, 1.82) is 0 Å². The number of nitrogens with one attached hydrogen (secondary N) is 2. The molecule has 0 saturated carbocycles. The zero-order valence-electron chi connectivity index (χ0n) is 12.1. The van der Waals surface area contributed by atoms with E-state index in [0.717, 1.165) is 6.42 Å². The molecule has 5 nitrogen and oxygen atoms in total. The van der Waals surface area contributed by atoms with Crippen LogP contribution in [-0.4, -0.2) is 17.9 Å². The van der Waals surface area contributed by atoms with Gasteiger partial charge in [0.1, 0.15) is 0 Å². The summed E-state index contributed by atoms with van der Waals surface area (Å²) >= 11 is 0. The zero-order valence-corrected chi connectivity index (χ0v) is 12.1. The van der Waals surface area contributed by atoms with Crippen LogP contribution in [0.15, 0.2) is 47.1 Å². The Kier molecular flexibility index (Phi) is 4.77. The molecular formula is C16H18N2O3. The van der Waals surface area contributed by atoms with E-state index in [0.29, 0.717) is 11.3 Å². The Morgan fingerprint density at radius 2 is 1.86 bits per heavy atom. The van der Waals surface area contributed by atoms with E-state index in [4.69, 9.17) is 4.42 Å². The van der Waals surface area contributed by atoms with Crippen LogP contribution in [-0.2, 0) is 0 Å². The second-order valence-corrected chi connectivity index (χ2v) is 4.79. The summed E-state index contributed by atoms with van der Waals surface area (Å²) in [4.78, 5) is 23.7. The van der Waals surface area contributed by atoms with Gasteiger partial charge in [0.15, 0.2) is 5.76 Å². The maximum atomic E-state index is 11.9. The second-order valence-electron chi connectivity index (χ2n) is 4.79. The minimum atomic E-state index is -0.322. The van der Waals surface area contributed by atoms with Gasteiger partial charge < -0.3 is 15.1 Å². The fourth-order valence-corrected chi connectivity index (χ4v) is 1.71. The van der Waals surface area contributed by atoms with E-state index in [-0.39, 0.29) is 23.6 Å². The van der Waals surface area contributed by atoms with Crippen molar-refractivity contribution in [2.75, 3.05) is 5.32 Å². The summed E-state index contributed by atoms with van der Waals surface area (Å²) in [5.74, 6) is -0.196. The van der Waals surface area contributed by atoms with Crippen molar-refractivity contribution in [1.82, 2.24) is 5.32 Å². The first kappa shape index (κ1) is 14.8. The quantitative estimate of drug-likeness (QED) is 0.887. The summed E-state index contributed by atoms with van der Waals surface area (Å²) in [6.07, 6.45) is 2.32. The molecule has 5 heteroatoms. The van der Waals surface area contributed by atoms with Crippen LogP contribution in [0.2, 0.25) is 0 Å². The number of carbonyl (C=O) groups excluding carboxylic acids is 2. The van der Waals surface area contributed by atoms with Gasteiger partial charge in [-0.1, -0.05) is 6.92 Å². The van der Waals surface area contributed by atoms with Gasteiger partial charge in [0.05, 0.1) is 6.26 Å². The summed E-state index contributed by atoms with van der Waals surface area (Å²) < 4.78 is 5.01. The number of anilines is 1. The van der Waals surface area contributed by atoms with Crippen LogP contribution >= 0.6 is 0 Å². The lowest BCUT2D eigenvalue weighted by Gasteiger charge is -2.11. The SMILES string of the molecule is CCC(C)NC(=O)c1ccc(NC(=O)c2ccco2)cc1. The third-order valence-corrected chi connectivity index (χ3v) is 3.14. The largest absolute Gasteiger partial charge is 0.459 e. The highest BCUT2D eigenvalue weighted by atomic mass is 16.3. The molecule has 1 aromatic heterocycles. The van der Waals surface area contributed by atoms with Gasteiger partial charge in [0, 0.05) is 17.3 Å². The molecule has 2 N–H and O–H groups in total. The van der Waals surface area contributed by atoms with Gasteiger partial charge in [-0.3, -0.25) is 9.59 Å². The van der Waals surface area contributed by atoms with E-state index in [1.165, 1.54) is 6.26 Å². The molecule has 1 heterocycles. The summed E-state index contributed by atoms with van der Waals surface area (Å²) in [6, 6.07) is 10.1. The van der Waals surface area contributed by atoms with Crippen LogP contribution < -0.4 is 10.6 Å². The number of hydrogen-bond donors (Lipinski definition) is 2. The van der Waals surface area contributed by atoms with Crippen molar-refractivity contribution in [3.05, 3.63) is 54.0 Å². The van der Waals surface area contributed by atoms with Gasteiger partial charge in [0.25, 0.3) is 11.8 Å². The zero-order chi connectivity index (χ0) is 15.2. The molecule has 1 atom stereocenters. The van der Waals surface area contributed by atoms with Gasteiger partial charge in [-0.2, -0.15) is 0 Å². The van der Waals surface area contributed by atoms with E-state index in [2.05, 4.69) is 10.6 Å². The van der Waals surface area contributed by atoms with Crippen LogP contribution in [0.4, 0.5) is 5.69 Å². The summed E-state index contributed by atoms with van der Waals surface area (Å²) in [5.41, 5.74) is 1.17. The predicted molar refractivity (Wildman–Crippen MR) is 80.3 cm³/mol. The molecule has 0 aliphatic heterocycles. The standard InChI is InChI=1S/C16H18N2O3/c1-3-11(2)17-15(19)12-6-8-13(9-7-12)18-16(20)14-5-4-10-21-14/h4-11H,3H2,1-2H3,(H,17,19)(H,18,20). The Hall–Kier alpha value is -2.56. The smallest absolute Gasteiger partial charge is 0.291 e. The molecule has 0 bridgehead atoms. The molecule has 0 fully saturated rings. The predicted octanol–water partition coefficient (Wildman–Crippen LogP) is 3.06. The van der Waals surface area contributed by atoms with Crippen molar-refractivity contribution in [3.63, 3.8) is 0 Å². The lowest BCUT2D eigenvalue weighted by atomic mass is 10.1. The maximum Gasteiger partial charge on any atom is 0.291 e. The summed E-state index contributed by atoms with van der Waals surface area (Å²) in [7, 11) is 0. The van der Waals surface area contributed by atoms with Gasteiger partial charge in [-0.05, 0) is 49.7 Å². The van der Waals surface area contributed by atoms with Crippen LogP contribution in [0.1, 0.15) is 41.2 Å². The fourth-order valence-electron chi connectivity index (χ4n) is 1.71. The topological polar surface area (TPSA) is 71.3 Å². The van der Waals surface area contributed by atoms with E-state index in [1.807, 2.05) is 13.8 Å². The molecule has 0 saturated heterocycles. The molecule has 1 aromatic carbocycles. The van der Waals surface area contributed by atoms with E-state index in [9.17, 15) is 9.59 Å². The first-order valence-corrected chi connectivity index (χ1v) is 6.86. The number of amides is 2. The number of rotatable bonds is 5. The second kappa shape index (κ2) is 6.74. The van der Waals surface area contributed by atoms with Crippen molar-refractivity contribution >= 4 is 17.5 Å². The number of benzene rings is 1. The number of carbonyl (C=O) groups is 2. The van der Waals surface area contributed by atoms with E-state index >= 15 is 0 Å². The van der Waals surface area contributed by atoms with Gasteiger partial charge in [0.2, 0.25) is 0 Å². The number of hydrogen-bond acceptors (Lipinski definition) is 3. The lowest BCUT2D eigenvalue weighted by molar-refractivity contribution is 0.0938. The van der Waals surface area contributed by atoms with Crippen molar-refractivity contribution in [3.8, 4) is 0 Å². The first-order chi connectivity index (χ1) is 10.1. The highest BCUT2D eigenvalue weighted by Gasteiger charge is 2.10. The molecule has 2 amide bonds. The van der Waals surface area contributed by atoms with Crippen LogP contribution in [0.3, 0.4) is 0 Å². The Morgan fingerprint density at radius 1 is 1.14 bits per heavy atom. The van der Waals surface area contributed by atoms with Crippen molar-refractivity contribution < 1.29 is 14.0 Å². The van der Waals surface area contributed by atoms with Gasteiger partial charge in [-0.25, -0.2) is 0 Å². The lowest BCUT2D eigenvalue weighted by Crippen LogP contribution is -2.31. The van der Waals surface area contributed by atoms with Crippen LogP contribution in [0.5, 0.6) is 0 Å². The molecule has 0 spiro atoms. The van der Waals surface area contributed by atoms with E-state index < -0.39 is 0 Å². The van der Waals surface area contributed by atoms with Crippen LogP contribution in [0.25, 0.3) is 0 Å². The normalized spacial score (nSPS) is 11.7. The Labute approximate surface area is 123 Å². The van der Waals surface area contributed by atoms with E-state index in [1.54, 1.807) is 36.4 Å². The minimum Gasteiger partial charge on any atom is -0.459 e. The van der Waals surface area contributed by atoms with Crippen molar-refractivity contribution in [2.24, 2.45) is 0 Å². The highest BCUT2D eigenvalue weighted by molar-refractivity contribution is 6.02. The Bertz CT molecular complexity index is 603. The maximum absolute atomic E-state index is 11.9. The molecule has 0 aliphatic rings. The molecule has 0 radical (unpaired) electrons. The first-order valence-electron chi connectivity index (χ1n) is 6.86. The van der Waals surface area contributed by atoms with Crippen molar-refractivity contribution in [2.45, 2.75) is 26.3 Å². The Balaban J connectivity index is 1.99. The minimum absolute atomic E-state index is 0.117. The van der Waals surface area contributed by atoms with Gasteiger partial charge >= 0.3 is 0 Å². The molecule has 2 rings (SSSR count). The third-order valence-electron chi connectivity index (χ3n) is 3.14. The monoisotopic (exact) mass is 286 g/mol.